The molecule has 206 valence electrons. The number of nitrogens with one attached hydrogen (secondary N) is 4. The molecule has 2 aliphatic rings. The summed E-state index contributed by atoms with van der Waals surface area (Å²) in [6.07, 6.45) is 8.77. The van der Waals surface area contributed by atoms with Gasteiger partial charge in [0.05, 0.1) is 35.3 Å². The second-order valence-electron chi connectivity index (χ2n) is 10.1. The van der Waals surface area contributed by atoms with Crippen LogP contribution in [-0.2, 0) is 11.2 Å². The van der Waals surface area contributed by atoms with E-state index in [-0.39, 0.29) is 17.6 Å². The number of amides is 2. The zero-order chi connectivity index (χ0) is 28.3. The summed E-state index contributed by atoms with van der Waals surface area (Å²) in [6.45, 7) is 1.17. The Morgan fingerprint density at radius 2 is 2.12 bits per heavy atom. The number of ether oxygens (including phenoxy) is 1. The van der Waals surface area contributed by atoms with Gasteiger partial charge in [0, 0.05) is 49.2 Å². The Labute approximate surface area is 232 Å². The highest BCUT2D eigenvalue weighted by atomic mass is 19.1. The molecule has 1 fully saturated rings. The maximum absolute atomic E-state index is 14.5. The molecule has 0 saturated heterocycles. The number of methoxy groups -OCH3 is 1. The first-order chi connectivity index (χ1) is 19.3. The summed E-state index contributed by atoms with van der Waals surface area (Å²) in [5.74, 6) is 5.57. The molecule has 0 spiro atoms. The molecule has 2 aromatic heterocycles. The van der Waals surface area contributed by atoms with E-state index in [1.54, 1.807) is 24.5 Å². The lowest BCUT2D eigenvalue weighted by atomic mass is 10.0. The predicted octanol–water partition coefficient (Wildman–Crippen LogP) is 3.37. The van der Waals surface area contributed by atoms with Crippen LogP contribution in [0.25, 0.3) is 11.3 Å². The Morgan fingerprint density at radius 1 is 1.30 bits per heavy atom. The monoisotopic (exact) mass is 542 g/mol. The molecule has 0 atom stereocenters. The Balaban J connectivity index is 1.51. The number of pyridine rings is 1. The third kappa shape index (κ3) is 5.70. The molecule has 9 nitrogen and oxygen atoms in total. The van der Waals surface area contributed by atoms with Crippen LogP contribution >= 0.6 is 0 Å². The zero-order valence-electron chi connectivity index (χ0n) is 22.7. The van der Waals surface area contributed by atoms with E-state index < -0.39 is 11.4 Å². The normalized spacial score (nSPS) is 15.2. The average molecular weight is 543 g/mol. The summed E-state index contributed by atoms with van der Waals surface area (Å²) in [6, 6.07) is 6.38. The highest BCUT2D eigenvalue weighted by Gasteiger charge is 2.42. The molecule has 40 heavy (non-hydrogen) atoms. The largest absolute Gasteiger partial charge is 0.492 e. The van der Waals surface area contributed by atoms with Gasteiger partial charge in [-0.25, -0.2) is 4.39 Å². The van der Waals surface area contributed by atoms with Gasteiger partial charge in [-0.2, -0.15) is 0 Å². The van der Waals surface area contributed by atoms with Crippen molar-refractivity contribution in [2.24, 2.45) is 0 Å². The van der Waals surface area contributed by atoms with Crippen molar-refractivity contribution >= 4 is 23.2 Å². The molecule has 0 bridgehead atoms. The Hall–Kier alpha value is -4.62. The van der Waals surface area contributed by atoms with Crippen LogP contribution in [0.3, 0.4) is 0 Å². The summed E-state index contributed by atoms with van der Waals surface area (Å²) in [4.78, 5) is 35.0. The summed E-state index contributed by atoms with van der Waals surface area (Å²) in [5, 5.41) is 9.14. The third-order valence-corrected chi connectivity index (χ3v) is 6.78. The molecule has 2 amide bonds. The topological polar surface area (TPSA) is 111 Å². The Kier molecular flexibility index (Phi) is 7.58. The highest BCUT2D eigenvalue weighted by Crippen LogP contribution is 2.40. The molecule has 3 heterocycles. The van der Waals surface area contributed by atoms with Crippen molar-refractivity contribution in [2.45, 2.75) is 24.8 Å². The molecule has 1 aromatic carbocycles. The predicted molar refractivity (Wildman–Crippen MR) is 151 cm³/mol. The Morgan fingerprint density at radius 3 is 2.88 bits per heavy atom. The summed E-state index contributed by atoms with van der Waals surface area (Å²) >= 11 is 0. The van der Waals surface area contributed by atoms with E-state index in [4.69, 9.17) is 4.74 Å². The minimum Gasteiger partial charge on any atom is -0.492 e. The number of para-hydroxylation sites is 1. The smallest absolute Gasteiger partial charge is 0.255 e. The van der Waals surface area contributed by atoms with Crippen molar-refractivity contribution in [3.05, 3.63) is 71.4 Å². The quantitative estimate of drug-likeness (QED) is 0.257. The maximum atomic E-state index is 14.5. The lowest BCUT2D eigenvalue weighted by molar-refractivity contribution is -0.117. The number of hydrogen-bond donors (Lipinski definition) is 4. The lowest BCUT2D eigenvalue weighted by Crippen LogP contribution is -2.34. The van der Waals surface area contributed by atoms with E-state index >= 15 is 0 Å². The number of benzene rings is 1. The Bertz CT molecular complexity index is 1540. The van der Waals surface area contributed by atoms with Gasteiger partial charge >= 0.3 is 0 Å². The summed E-state index contributed by atoms with van der Waals surface area (Å²) in [5.41, 5.74) is 3.48. The summed E-state index contributed by atoms with van der Waals surface area (Å²) < 4.78 is 19.8. The fraction of sp³-hybridized carbons (Fsp3) is 0.300. The summed E-state index contributed by atoms with van der Waals surface area (Å²) in [7, 11) is 5.26. The molecule has 0 unspecified atom stereocenters. The van der Waals surface area contributed by atoms with Gasteiger partial charge in [0.1, 0.15) is 5.54 Å². The van der Waals surface area contributed by atoms with Crippen LogP contribution in [0.2, 0.25) is 0 Å². The first kappa shape index (κ1) is 27.0. The second-order valence-corrected chi connectivity index (χ2v) is 10.1. The van der Waals surface area contributed by atoms with Gasteiger partial charge in [0.2, 0.25) is 5.91 Å². The van der Waals surface area contributed by atoms with Gasteiger partial charge in [-0.15, -0.1) is 0 Å². The van der Waals surface area contributed by atoms with E-state index in [0.717, 1.165) is 24.1 Å². The van der Waals surface area contributed by atoms with Crippen molar-refractivity contribution < 1.29 is 18.7 Å². The number of carbonyl (C=O) groups excluding carboxylic acids is 2. The van der Waals surface area contributed by atoms with Crippen molar-refractivity contribution in [3.8, 4) is 28.8 Å². The van der Waals surface area contributed by atoms with E-state index in [9.17, 15) is 14.0 Å². The number of hydrogen-bond acceptors (Lipinski definition) is 6. The number of carbonyl (C=O) groups is 2. The van der Waals surface area contributed by atoms with E-state index in [2.05, 4.69) is 37.8 Å². The molecule has 10 heteroatoms. The number of halogens is 1. The van der Waals surface area contributed by atoms with Gasteiger partial charge in [0.15, 0.2) is 11.6 Å². The second kappa shape index (κ2) is 11.2. The number of anilines is 2. The van der Waals surface area contributed by atoms with E-state index in [1.165, 1.54) is 19.3 Å². The molecule has 4 N–H and O–H groups in total. The maximum Gasteiger partial charge on any atom is 0.255 e. The van der Waals surface area contributed by atoms with E-state index in [1.807, 2.05) is 31.1 Å². The molecule has 5 rings (SSSR count). The van der Waals surface area contributed by atoms with E-state index in [0.29, 0.717) is 47.7 Å². The van der Waals surface area contributed by atoms with Crippen LogP contribution in [0.1, 0.15) is 34.5 Å². The molecular formula is C30H31FN6O3. The first-order valence-corrected chi connectivity index (χ1v) is 13.0. The minimum atomic E-state index is -0.586. The highest BCUT2D eigenvalue weighted by molar-refractivity contribution is 6.06. The molecule has 0 radical (unpaired) electrons. The van der Waals surface area contributed by atoms with Crippen LogP contribution in [0.15, 0.2) is 48.8 Å². The number of rotatable bonds is 8. The molecule has 1 saturated carbocycles. The fourth-order valence-electron chi connectivity index (χ4n) is 4.61. The molecule has 1 aliphatic heterocycles. The number of aromatic amines is 1. The molecule has 1 aliphatic carbocycles. The van der Waals surface area contributed by atoms with Crippen molar-refractivity contribution in [1.82, 2.24) is 25.5 Å². The van der Waals surface area contributed by atoms with Crippen LogP contribution in [0, 0.1) is 17.7 Å². The minimum absolute atomic E-state index is 0.0420. The SMILES string of the molecule is COc1c(F)cccc1Nc1c(-c2ccncc2C#CC2(NC(=O)/C=C/CN(C)C)CC2)[nH]c2c1C(=O)NCC2. The molecular weight excluding hydrogens is 511 g/mol. The van der Waals surface area contributed by atoms with Gasteiger partial charge < -0.3 is 30.6 Å². The van der Waals surface area contributed by atoms with Crippen molar-refractivity contribution in [1.29, 1.82) is 0 Å². The van der Waals surface area contributed by atoms with Crippen LogP contribution in [0.5, 0.6) is 5.75 Å². The fourth-order valence-corrected chi connectivity index (χ4v) is 4.61. The third-order valence-electron chi connectivity index (χ3n) is 6.78. The van der Waals surface area contributed by atoms with Gasteiger partial charge in [-0.05, 0) is 45.1 Å². The number of likely N-dealkylation sites (N-methyl/N-ethyl adjacent to an activating group) is 1. The number of aromatic nitrogens is 2. The molecule has 3 aromatic rings. The lowest BCUT2D eigenvalue weighted by Gasteiger charge is -2.17. The number of fused-ring (bicyclic) bond motifs is 1. The van der Waals surface area contributed by atoms with Crippen molar-refractivity contribution in [2.75, 3.05) is 39.6 Å². The number of nitrogens with zero attached hydrogens (tertiary/aromatic N) is 2. The zero-order valence-corrected chi connectivity index (χ0v) is 22.7. The van der Waals surface area contributed by atoms with Crippen LogP contribution in [0.4, 0.5) is 15.8 Å². The van der Waals surface area contributed by atoms with Crippen LogP contribution in [-0.4, -0.2) is 66.5 Å². The first-order valence-electron chi connectivity index (χ1n) is 13.0. The average Bonchev–Trinajstić information content (AvgIpc) is 3.59. The number of H-pyrrole nitrogens is 1. The van der Waals surface area contributed by atoms with Crippen LogP contribution < -0.4 is 20.7 Å². The van der Waals surface area contributed by atoms with Gasteiger partial charge in [-0.3, -0.25) is 14.6 Å². The van der Waals surface area contributed by atoms with Gasteiger partial charge in [-0.1, -0.05) is 24.0 Å². The van der Waals surface area contributed by atoms with Gasteiger partial charge in [0.25, 0.3) is 5.91 Å². The standard InChI is InChI=1S/C30H31FN6O3/c1-37(2)17-5-8-24(38)36-30(13-14-30)12-9-19-18-32-15-10-20(19)26-27(25-22(34-26)11-16-33-29(25)39)35-23-7-4-6-21(31)28(23)40-3/h4-8,10,15,18,34-35H,11,13-14,16-17H2,1-3H3,(H,33,39)(H,36,38)/b8-5+. The van der Waals surface area contributed by atoms with Crippen molar-refractivity contribution in [3.63, 3.8) is 0 Å².